The molecule has 0 aromatic heterocycles. The van der Waals surface area contributed by atoms with Crippen LogP contribution in [0.5, 0.6) is 0 Å². The molecule has 0 atom stereocenters. The molecule has 0 aliphatic carbocycles. The van der Waals surface area contributed by atoms with Crippen molar-refractivity contribution in [3.05, 3.63) is 69.4 Å². The zero-order valence-electron chi connectivity index (χ0n) is 11.1. The van der Waals surface area contributed by atoms with E-state index < -0.39 is 5.82 Å². The van der Waals surface area contributed by atoms with Crippen LogP contribution in [0.25, 0.3) is 0 Å². The molecule has 2 rings (SSSR count). The van der Waals surface area contributed by atoms with Crippen LogP contribution in [0.1, 0.15) is 16.7 Å². The van der Waals surface area contributed by atoms with Gasteiger partial charge in [0.05, 0.1) is 18.8 Å². The molecule has 0 saturated heterocycles. The second kappa shape index (κ2) is 7.19. The average Bonchev–Trinajstić information content (AvgIpc) is 2.50. The second-order valence-electron chi connectivity index (χ2n) is 4.38. The van der Waals surface area contributed by atoms with Crippen molar-refractivity contribution in [2.24, 2.45) is 10.9 Å². The van der Waals surface area contributed by atoms with Gasteiger partial charge in [0.2, 0.25) is 0 Å². The number of benzene rings is 2. The van der Waals surface area contributed by atoms with Crippen LogP contribution in [0.3, 0.4) is 0 Å². The molecule has 0 aliphatic rings. The topological polar surface area (TPSA) is 67.8 Å². The van der Waals surface area contributed by atoms with Crippen molar-refractivity contribution in [3.8, 4) is 0 Å². The van der Waals surface area contributed by atoms with Crippen LogP contribution in [0.15, 0.2) is 52.1 Å². The van der Waals surface area contributed by atoms with Gasteiger partial charge in [-0.15, -0.1) is 0 Å². The second-order valence-corrected chi connectivity index (χ2v) is 5.30. The Morgan fingerprint density at radius 3 is 2.57 bits per heavy atom. The highest BCUT2D eigenvalue weighted by Crippen LogP contribution is 2.16. The smallest absolute Gasteiger partial charge is 0.173 e. The molecule has 0 aliphatic heterocycles. The largest absolute Gasteiger partial charge is 0.409 e. The lowest BCUT2D eigenvalue weighted by molar-refractivity contribution is 0.105. The molecular weight excluding hydrogens is 339 g/mol. The van der Waals surface area contributed by atoms with Crippen molar-refractivity contribution in [3.63, 3.8) is 0 Å². The van der Waals surface area contributed by atoms with E-state index >= 15 is 0 Å². The van der Waals surface area contributed by atoms with Crippen molar-refractivity contribution in [2.75, 3.05) is 0 Å². The predicted octanol–water partition coefficient (Wildman–Crippen LogP) is 3.40. The van der Waals surface area contributed by atoms with Gasteiger partial charge in [-0.25, -0.2) is 4.39 Å². The van der Waals surface area contributed by atoms with Crippen LogP contribution in [-0.2, 0) is 18.0 Å². The summed E-state index contributed by atoms with van der Waals surface area (Å²) in [5.41, 5.74) is 6.82. The molecule has 3 N–H and O–H groups in total. The minimum atomic E-state index is -0.538. The standard InChI is InChI=1S/C15H14BrFN2O2/c16-12-6-4-10(5-7-12)8-21-9-11-2-1-3-13(14(11)17)15(18)19-20/h1-7,20H,8-9H2,(H2,18,19). The summed E-state index contributed by atoms with van der Waals surface area (Å²) in [7, 11) is 0. The van der Waals surface area contributed by atoms with Gasteiger partial charge < -0.3 is 15.7 Å². The van der Waals surface area contributed by atoms with Gasteiger partial charge in [-0.3, -0.25) is 0 Å². The van der Waals surface area contributed by atoms with E-state index in [1.165, 1.54) is 6.07 Å². The molecule has 110 valence electrons. The Labute approximate surface area is 130 Å². The molecule has 0 unspecified atom stereocenters. The monoisotopic (exact) mass is 352 g/mol. The average molecular weight is 353 g/mol. The van der Waals surface area contributed by atoms with Gasteiger partial charge in [-0.2, -0.15) is 0 Å². The lowest BCUT2D eigenvalue weighted by atomic mass is 10.1. The SMILES string of the molecule is N/C(=N/O)c1cccc(COCc2ccc(Br)cc2)c1F. The first-order chi connectivity index (χ1) is 10.1. The third kappa shape index (κ3) is 4.03. The number of nitrogens with two attached hydrogens (primary N) is 1. The van der Waals surface area contributed by atoms with Crippen LogP contribution in [0.4, 0.5) is 4.39 Å². The van der Waals surface area contributed by atoms with Crippen LogP contribution in [0, 0.1) is 5.82 Å². The third-order valence-corrected chi connectivity index (χ3v) is 3.43. The Morgan fingerprint density at radius 1 is 1.19 bits per heavy atom. The third-order valence-electron chi connectivity index (χ3n) is 2.90. The fraction of sp³-hybridized carbons (Fsp3) is 0.133. The lowest BCUT2D eigenvalue weighted by Gasteiger charge is -2.08. The Morgan fingerprint density at radius 2 is 1.90 bits per heavy atom. The van der Waals surface area contributed by atoms with Crippen molar-refractivity contribution in [1.82, 2.24) is 0 Å². The molecule has 2 aromatic carbocycles. The molecule has 21 heavy (non-hydrogen) atoms. The van der Waals surface area contributed by atoms with E-state index in [1.54, 1.807) is 12.1 Å². The van der Waals surface area contributed by atoms with E-state index in [9.17, 15) is 4.39 Å². The van der Waals surface area contributed by atoms with Crippen molar-refractivity contribution in [2.45, 2.75) is 13.2 Å². The minimum absolute atomic E-state index is 0.0576. The Kier molecular flexibility index (Phi) is 5.30. The van der Waals surface area contributed by atoms with E-state index in [1.807, 2.05) is 24.3 Å². The highest BCUT2D eigenvalue weighted by Gasteiger charge is 2.11. The van der Waals surface area contributed by atoms with Gasteiger partial charge in [0, 0.05) is 10.0 Å². The van der Waals surface area contributed by atoms with Gasteiger partial charge >= 0.3 is 0 Å². The highest BCUT2D eigenvalue weighted by molar-refractivity contribution is 9.10. The number of hydrogen-bond donors (Lipinski definition) is 2. The summed E-state index contributed by atoms with van der Waals surface area (Å²) >= 11 is 3.35. The zero-order chi connectivity index (χ0) is 15.2. The van der Waals surface area contributed by atoms with E-state index in [2.05, 4.69) is 21.1 Å². The molecule has 0 spiro atoms. The van der Waals surface area contributed by atoms with Crippen LogP contribution in [0.2, 0.25) is 0 Å². The van der Waals surface area contributed by atoms with Gasteiger partial charge in [0.25, 0.3) is 0 Å². The maximum atomic E-state index is 14.1. The number of ether oxygens (including phenoxy) is 1. The molecule has 6 heteroatoms. The van der Waals surface area contributed by atoms with Crippen molar-refractivity contribution >= 4 is 21.8 Å². The Balaban J connectivity index is 2.02. The summed E-state index contributed by atoms with van der Waals surface area (Å²) in [6.45, 7) is 0.481. The Hall–Kier alpha value is -1.92. The van der Waals surface area contributed by atoms with Gasteiger partial charge in [-0.05, 0) is 23.8 Å². The van der Waals surface area contributed by atoms with Crippen LogP contribution >= 0.6 is 15.9 Å². The summed E-state index contributed by atoms with van der Waals surface area (Å²) in [4.78, 5) is 0. The molecule has 0 bridgehead atoms. The van der Waals surface area contributed by atoms with Gasteiger partial charge in [0.15, 0.2) is 5.84 Å². The minimum Gasteiger partial charge on any atom is -0.409 e. The summed E-state index contributed by atoms with van der Waals surface area (Å²) in [5, 5.41) is 11.4. The lowest BCUT2D eigenvalue weighted by Crippen LogP contribution is -2.16. The van der Waals surface area contributed by atoms with E-state index in [0.29, 0.717) is 12.2 Å². The van der Waals surface area contributed by atoms with Gasteiger partial charge in [0.1, 0.15) is 5.82 Å². The van der Waals surface area contributed by atoms with Crippen LogP contribution < -0.4 is 5.73 Å². The first-order valence-electron chi connectivity index (χ1n) is 6.19. The maximum Gasteiger partial charge on any atom is 0.173 e. The fourth-order valence-corrected chi connectivity index (χ4v) is 2.07. The van der Waals surface area contributed by atoms with E-state index in [-0.39, 0.29) is 18.0 Å². The Bertz CT molecular complexity index is 645. The molecule has 0 fully saturated rings. The molecule has 2 aromatic rings. The number of oxime groups is 1. The molecular formula is C15H14BrFN2O2. The molecule has 0 amide bonds. The maximum absolute atomic E-state index is 14.1. The fourth-order valence-electron chi connectivity index (χ4n) is 1.80. The van der Waals surface area contributed by atoms with E-state index in [0.717, 1.165) is 10.0 Å². The molecule has 4 nitrogen and oxygen atoms in total. The summed E-state index contributed by atoms with van der Waals surface area (Å²) < 4.78 is 20.6. The van der Waals surface area contributed by atoms with Crippen molar-refractivity contribution < 1.29 is 14.3 Å². The normalized spacial score (nSPS) is 11.6. The predicted molar refractivity (Wildman–Crippen MR) is 81.5 cm³/mol. The number of halogens is 2. The van der Waals surface area contributed by atoms with Crippen molar-refractivity contribution in [1.29, 1.82) is 0 Å². The quantitative estimate of drug-likeness (QED) is 0.375. The first kappa shape index (κ1) is 15.5. The summed E-state index contributed by atoms with van der Waals surface area (Å²) in [5.74, 6) is -0.800. The summed E-state index contributed by atoms with van der Waals surface area (Å²) in [6, 6.07) is 12.4. The number of rotatable bonds is 5. The number of nitrogens with zero attached hydrogens (tertiary/aromatic N) is 1. The number of hydrogen-bond acceptors (Lipinski definition) is 3. The molecule has 0 saturated carbocycles. The number of amidine groups is 1. The first-order valence-corrected chi connectivity index (χ1v) is 6.98. The highest BCUT2D eigenvalue weighted by atomic mass is 79.9. The van der Waals surface area contributed by atoms with Gasteiger partial charge in [-0.1, -0.05) is 45.4 Å². The zero-order valence-corrected chi connectivity index (χ0v) is 12.7. The molecule has 0 heterocycles. The molecule has 0 radical (unpaired) electrons. The van der Waals surface area contributed by atoms with Crippen LogP contribution in [-0.4, -0.2) is 11.0 Å². The summed E-state index contributed by atoms with van der Waals surface area (Å²) in [6.07, 6.45) is 0. The van der Waals surface area contributed by atoms with E-state index in [4.69, 9.17) is 15.7 Å².